The number of ether oxygens (including phenoxy) is 1. The summed E-state index contributed by atoms with van der Waals surface area (Å²) in [6, 6.07) is 5.83. The topological polar surface area (TPSA) is 131 Å². The van der Waals surface area contributed by atoms with Crippen LogP contribution in [0.25, 0.3) is 0 Å². The normalized spacial score (nSPS) is 11.5. The van der Waals surface area contributed by atoms with Crippen LogP contribution in [0, 0.1) is 0 Å². The lowest BCUT2D eigenvalue weighted by molar-refractivity contribution is -0.148. The highest BCUT2D eigenvalue weighted by atomic mass is 16.5. The van der Waals surface area contributed by atoms with Crippen LogP contribution in [0.5, 0.6) is 0 Å². The molecule has 114 valence electrons. The Bertz CT molecular complexity index is 515. The fraction of sp³-hybridized carbons (Fsp3) is 0.308. The van der Waals surface area contributed by atoms with Gasteiger partial charge in [-0.15, -0.1) is 0 Å². The van der Waals surface area contributed by atoms with Gasteiger partial charge in [0, 0.05) is 19.2 Å². The highest BCUT2D eigenvalue weighted by Gasteiger charge is 2.17. The van der Waals surface area contributed by atoms with Gasteiger partial charge in [0.2, 0.25) is 0 Å². The van der Waals surface area contributed by atoms with E-state index in [0.717, 1.165) is 5.56 Å². The van der Waals surface area contributed by atoms with E-state index in [1.807, 2.05) is 0 Å². The van der Waals surface area contributed by atoms with Crippen molar-refractivity contribution in [2.45, 2.75) is 12.6 Å². The van der Waals surface area contributed by atoms with E-state index in [4.69, 9.17) is 15.6 Å². The Morgan fingerprint density at radius 2 is 1.86 bits per heavy atom. The standard InChI is InChI=1S/C13H17N3O5/c1-21-10(12(18)19)7-15-11(17)9-4-2-8(3-5-9)6-16-13(14)20/h2-5,10H,6-7H2,1H3,(H,15,17)(H,18,19)(H3,14,16,20). The number of hydrogen-bond donors (Lipinski definition) is 4. The second-order valence-electron chi connectivity index (χ2n) is 4.19. The molecule has 0 fully saturated rings. The summed E-state index contributed by atoms with van der Waals surface area (Å²) in [7, 11) is 1.26. The van der Waals surface area contributed by atoms with Gasteiger partial charge in [-0.05, 0) is 17.7 Å². The lowest BCUT2D eigenvalue weighted by atomic mass is 10.1. The van der Waals surface area contributed by atoms with Crippen LogP contribution in [0.15, 0.2) is 24.3 Å². The number of methoxy groups -OCH3 is 1. The number of aliphatic carboxylic acids is 1. The molecular weight excluding hydrogens is 278 g/mol. The lowest BCUT2D eigenvalue weighted by Gasteiger charge is -2.11. The number of hydrogen-bond acceptors (Lipinski definition) is 4. The number of nitrogens with two attached hydrogens (primary N) is 1. The fourth-order valence-corrected chi connectivity index (χ4v) is 1.52. The van der Waals surface area contributed by atoms with E-state index in [9.17, 15) is 14.4 Å². The van der Waals surface area contributed by atoms with Gasteiger partial charge in [0.1, 0.15) is 0 Å². The molecule has 0 bridgehead atoms. The summed E-state index contributed by atoms with van der Waals surface area (Å²) in [4.78, 5) is 33.1. The molecule has 1 unspecified atom stereocenters. The van der Waals surface area contributed by atoms with Gasteiger partial charge in [-0.1, -0.05) is 12.1 Å². The Morgan fingerprint density at radius 1 is 1.24 bits per heavy atom. The Labute approximate surface area is 121 Å². The number of carbonyl (C=O) groups excluding carboxylic acids is 2. The molecule has 0 aromatic heterocycles. The van der Waals surface area contributed by atoms with Crippen LogP contribution >= 0.6 is 0 Å². The maximum absolute atomic E-state index is 11.8. The van der Waals surface area contributed by atoms with E-state index in [1.165, 1.54) is 7.11 Å². The summed E-state index contributed by atoms with van der Waals surface area (Å²) in [5.41, 5.74) is 6.11. The van der Waals surface area contributed by atoms with Crippen LogP contribution in [0.3, 0.4) is 0 Å². The van der Waals surface area contributed by atoms with Crippen molar-refractivity contribution in [2.24, 2.45) is 5.73 Å². The van der Waals surface area contributed by atoms with Crippen LogP contribution in [0.1, 0.15) is 15.9 Å². The van der Waals surface area contributed by atoms with Crippen molar-refractivity contribution in [1.82, 2.24) is 10.6 Å². The number of primary amides is 1. The Balaban J connectivity index is 2.55. The number of urea groups is 1. The number of nitrogens with one attached hydrogen (secondary N) is 2. The average Bonchev–Trinajstić information content (AvgIpc) is 2.45. The van der Waals surface area contributed by atoms with Crippen LogP contribution in [0.4, 0.5) is 4.79 Å². The highest BCUT2D eigenvalue weighted by molar-refractivity contribution is 5.94. The van der Waals surface area contributed by atoms with Gasteiger partial charge in [-0.2, -0.15) is 0 Å². The zero-order valence-electron chi connectivity index (χ0n) is 11.5. The predicted octanol–water partition coefficient (Wildman–Crippen LogP) is -0.316. The maximum Gasteiger partial charge on any atom is 0.334 e. The molecule has 1 aromatic carbocycles. The van der Waals surface area contributed by atoms with Crippen LogP contribution in [-0.4, -0.2) is 42.8 Å². The van der Waals surface area contributed by atoms with E-state index in [2.05, 4.69) is 10.6 Å². The number of carboxylic acid groups (broad SMARTS) is 1. The highest BCUT2D eigenvalue weighted by Crippen LogP contribution is 2.04. The molecule has 0 heterocycles. The minimum Gasteiger partial charge on any atom is -0.479 e. The summed E-state index contributed by atoms with van der Waals surface area (Å²) in [5.74, 6) is -1.56. The molecule has 5 N–H and O–H groups in total. The number of benzene rings is 1. The molecule has 1 rings (SSSR count). The molecule has 3 amide bonds. The van der Waals surface area contributed by atoms with Crippen molar-refractivity contribution in [2.75, 3.05) is 13.7 Å². The second-order valence-corrected chi connectivity index (χ2v) is 4.19. The van der Waals surface area contributed by atoms with Crippen LogP contribution < -0.4 is 16.4 Å². The van der Waals surface area contributed by atoms with Gasteiger partial charge >= 0.3 is 12.0 Å². The summed E-state index contributed by atoms with van der Waals surface area (Å²) in [5, 5.41) is 13.7. The van der Waals surface area contributed by atoms with Crippen molar-refractivity contribution >= 4 is 17.9 Å². The molecule has 0 saturated carbocycles. The molecule has 0 spiro atoms. The minimum atomic E-state index is -1.15. The molecule has 0 aliphatic rings. The third kappa shape index (κ3) is 5.49. The Hall–Kier alpha value is -2.61. The number of amides is 3. The maximum atomic E-state index is 11.8. The molecule has 8 nitrogen and oxygen atoms in total. The first-order valence-corrected chi connectivity index (χ1v) is 6.10. The molecule has 8 heteroatoms. The third-order valence-electron chi connectivity index (χ3n) is 2.69. The van der Waals surface area contributed by atoms with E-state index < -0.39 is 24.0 Å². The van der Waals surface area contributed by atoms with Crippen LogP contribution in [0.2, 0.25) is 0 Å². The van der Waals surface area contributed by atoms with Crippen molar-refractivity contribution in [1.29, 1.82) is 0 Å². The average molecular weight is 295 g/mol. The molecule has 0 aliphatic carbocycles. The van der Waals surface area contributed by atoms with Crippen molar-refractivity contribution in [3.05, 3.63) is 35.4 Å². The van der Waals surface area contributed by atoms with Gasteiger partial charge < -0.3 is 26.2 Å². The van der Waals surface area contributed by atoms with Crippen molar-refractivity contribution < 1.29 is 24.2 Å². The number of carbonyl (C=O) groups is 3. The predicted molar refractivity (Wildman–Crippen MR) is 73.6 cm³/mol. The van der Waals surface area contributed by atoms with Gasteiger partial charge in [0.25, 0.3) is 5.91 Å². The molecule has 0 saturated heterocycles. The zero-order valence-corrected chi connectivity index (χ0v) is 11.5. The molecule has 0 aliphatic heterocycles. The van der Waals surface area contributed by atoms with E-state index >= 15 is 0 Å². The molecule has 0 radical (unpaired) electrons. The fourth-order valence-electron chi connectivity index (χ4n) is 1.52. The SMILES string of the molecule is COC(CNC(=O)c1ccc(CNC(N)=O)cc1)C(=O)O. The molecular formula is C13H17N3O5. The smallest absolute Gasteiger partial charge is 0.334 e. The van der Waals surface area contributed by atoms with Gasteiger partial charge in [0.15, 0.2) is 6.10 Å². The van der Waals surface area contributed by atoms with E-state index in [1.54, 1.807) is 24.3 Å². The van der Waals surface area contributed by atoms with E-state index in [0.29, 0.717) is 5.56 Å². The summed E-state index contributed by atoms with van der Waals surface area (Å²) >= 11 is 0. The zero-order chi connectivity index (χ0) is 15.8. The van der Waals surface area contributed by atoms with Gasteiger partial charge in [-0.3, -0.25) is 4.79 Å². The quantitative estimate of drug-likeness (QED) is 0.548. The molecule has 21 heavy (non-hydrogen) atoms. The third-order valence-corrected chi connectivity index (χ3v) is 2.69. The number of rotatable bonds is 7. The summed E-state index contributed by atoms with van der Waals surface area (Å²) in [6.45, 7) is 0.137. The number of carboxylic acids is 1. The largest absolute Gasteiger partial charge is 0.479 e. The summed E-state index contributed by atoms with van der Waals surface area (Å²) < 4.78 is 4.71. The van der Waals surface area contributed by atoms with Gasteiger partial charge in [0.05, 0.1) is 6.54 Å². The molecule has 1 atom stereocenters. The van der Waals surface area contributed by atoms with Crippen molar-refractivity contribution in [3.63, 3.8) is 0 Å². The second kappa shape index (κ2) is 7.85. The Morgan fingerprint density at radius 3 is 2.33 bits per heavy atom. The monoisotopic (exact) mass is 295 g/mol. The Kier molecular flexibility index (Phi) is 6.15. The van der Waals surface area contributed by atoms with Gasteiger partial charge in [-0.25, -0.2) is 9.59 Å². The van der Waals surface area contributed by atoms with Crippen molar-refractivity contribution in [3.8, 4) is 0 Å². The summed E-state index contributed by atoms with van der Waals surface area (Å²) in [6.07, 6.45) is -1.09. The minimum absolute atomic E-state index is 0.129. The van der Waals surface area contributed by atoms with Crippen LogP contribution in [-0.2, 0) is 16.1 Å². The first-order valence-electron chi connectivity index (χ1n) is 6.10. The molecule has 1 aromatic rings. The first kappa shape index (κ1) is 16.4. The first-order chi connectivity index (χ1) is 9.93. The lowest BCUT2D eigenvalue weighted by Crippen LogP contribution is -2.37. The van der Waals surface area contributed by atoms with E-state index in [-0.39, 0.29) is 13.1 Å².